The van der Waals surface area contributed by atoms with Crippen LogP contribution in [0.3, 0.4) is 0 Å². The van der Waals surface area contributed by atoms with E-state index in [1.54, 1.807) is 4.90 Å². The van der Waals surface area contributed by atoms with Gasteiger partial charge in [0.25, 0.3) is 11.8 Å². The molecule has 0 atom stereocenters. The molecule has 0 saturated carbocycles. The first-order chi connectivity index (χ1) is 13.1. The van der Waals surface area contributed by atoms with Crippen molar-refractivity contribution in [2.24, 2.45) is 0 Å². The van der Waals surface area contributed by atoms with Gasteiger partial charge in [-0.15, -0.1) is 0 Å². The summed E-state index contributed by atoms with van der Waals surface area (Å²) in [7, 11) is 1.28. The Balaban J connectivity index is 2.61. The van der Waals surface area contributed by atoms with E-state index in [1.165, 1.54) is 19.2 Å². The van der Waals surface area contributed by atoms with Gasteiger partial charge in [0, 0.05) is 23.7 Å². The third-order valence-electron chi connectivity index (χ3n) is 3.79. The summed E-state index contributed by atoms with van der Waals surface area (Å²) in [4.78, 5) is 47.9. The van der Waals surface area contributed by atoms with Crippen molar-refractivity contribution in [3.8, 4) is 5.75 Å². The lowest BCUT2D eigenvalue weighted by atomic mass is 10.1. The molecule has 1 rings (SSSR count). The van der Waals surface area contributed by atoms with Crippen LogP contribution >= 0.6 is 0 Å². The van der Waals surface area contributed by atoms with E-state index in [9.17, 15) is 24.5 Å². The minimum atomic E-state index is -0.794. The van der Waals surface area contributed by atoms with Gasteiger partial charge in [0.1, 0.15) is 6.54 Å². The van der Waals surface area contributed by atoms with Gasteiger partial charge in [-0.3, -0.25) is 24.5 Å². The molecule has 1 N–H and O–H groups in total. The van der Waals surface area contributed by atoms with Gasteiger partial charge in [0.2, 0.25) is 0 Å². The molecule has 0 aliphatic carbocycles. The highest BCUT2D eigenvalue weighted by Crippen LogP contribution is 2.27. The summed E-state index contributed by atoms with van der Waals surface area (Å²) >= 11 is 0. The largest absolute Gasteiger partial charge is 0.490 e. The van der Waals surface area contributed by atoms with Crippen molar-refractivity contribution in [2.45, 2.75) is 39.8 Å². The van der Waals surface area contributed by atoms with E-state index in [-0.39, 0.29) is 35.0 Å². The summed E-state index contributed by atoms with van der Waals surface area (Å²) in [6.45, 7) is 6.51. The fraction of sp³-hybridized carbons (Fsp3) is 0.500. The monoisotopic (exact) mass is 395 g/mol. The van der Waals surface area contributed by atoms with E-state index in [2.05, 4.69) is 5.32 Å². The molecular formula is C18H25N3O7. The highest BCUT2D eigenvalue weighted by Gasteiger charge is 2.22. The Morgan fingerprint density at radius 1 is 1.18 bits per heavy atom. The van der Waals surface area contributed by atoms with E-state index in [1.807, 2.05) is 27.7 Å². The second kappa shape index (κ2) is 10.2. The van der Waals surface area contributed by atoms with Gasteiger partial charge in [-0.25, -0.2) is 0 Å². The fourth-order valence-electron chi connectivity index (χ4n) is 2.67. The molecule has 10 nitrogen and oxygen atoms in total. The average Bonchev–Trinajstić information content (AvgIpc) is 2.63. The normalized spacial score (nSPS) is 10.5. The second-order valence-electron chi connectivity index (χ2n) is 6.48. The van der Waals surface area contributed by atoms with Gasteiger partial charge in [-0.05, 0) is 39.8 Å². The number of nitro benzene ring substituents is 1. The number of rotatable bonds is 9. The van der Waals surface area contributed by atoms with Crippen molar-refractivity contribution in [3.05, 3.63) is 33.9 Å². The molecule has 2 amide bonds. The number of hydrogen-bond donors (Lipinski definition) is 1. The van der Waals surface area contributed by atoms with Crippen LogP contribution in [0.4, 0.5) is 5.69 Å². The van der Waals surface area contributed by atoms with Crippen molar-refractivity contribution in [3.63, 3.8) is 0 Å². The molecule has 0 aliphatic rings. The maximum Gasteiger partial charge on any atom is 0.325 e. The highest BCUT2D eigenvalue weighted by molar-refractivity contribution is 5.97. The third-order valence-corrected chi connectivity index (χ3v) is 3.79. The van der Waals surface area contributed by atoms with E-state index in [0.717, 1.165) is 6.07 Å². The van der Waals surface area contributed by atoms with Gasteiger partial charge < -0.3 is 19.7 Å². The number of ether oxygens (including phenoxy) is 2. The molecule has 0 saturated heterocycles. The number of hydrogen-bond acceptors (Lipinski definition) is 7. The van der Waals surface area contributed by atoms with Crippen LogP contribution < -0.4 is 10.1 Å². The summed E-state index contributed by atoms with van der Waals surface area (Å²) in [6.07, 6.45) is 0. The van der Waals surface area contributed by atoms with Gasteiger partial charge in [-0.2, -0.15) is 0 Å². The molecule has 0 fully saturated rings. The molecule has 0 radical (unpaired) electrons. The number of esters is 1. The van der Waals surface area contributed by atoms with Crippen LogP contribution in [0.25, 0.3) is 0 Å². The summed E-state index contributed by atoms with van der Waals surface area (Å²) in [5, 5.41) is 13.3. The van der Waals surface area contributed by atoms with Crippen molar-refractivity contribution >= 4 is 23.5 Å². The minimum Gasteiger partial charge on any atom is -0.490 e. The molecule has 0 aromatic heterocycles. The molecule has 28 heavy (non-hydrogen) atoms. The molecule has 0 unspecified atom stereocenters. The van der Waals surface area contributed by atoms with E-state index < -0.39 is 30.0 Å². The van der Waals surface area contributed by atoms with Gasteiger partial charge in [0.05, 0.1) is 12.0 Å². The van der Waals surface area contributed by atoms with E-state index in [0.29, 0.717) is 0 Å². The van der Waals surface area contributed by atoms with Crippen molar-refractivity contribution in [1.29, 1.82) is 0 Å². The Kier molecular flexibility index (Phi) is 8.36. The molecule has 1 aromatic rings. The van der Waals surface area contributed by atoms with E-state index in [4.69, 9.17) is 9.47 Å². The van der Waals surface area contributed by atoms with Crippen LogP contribution in [0, 0.1) is 10.1 Å². The highest BCUT2D eigenvalue weighted by atomic mass is 16.6. The van der Waals surface area contributed by atoms with Crippen LogP contribution in [0.1, 0.15) is 38.1 Å². The predicted molar refractivity (Wildman–Crippen MR) is 100 cm³/mol. The first-order valence-corrected chi connectivity index (χ1v) is 8.65. The van der Waals surface area contributed by atoms with Gasteiger partial charge >= 0.3 is 11.7 Å². The number of methoxy groups -OCH3 is 1. The Hall–Kier alpha value is -3.17. The van der Waals surface area contributed by atoms with Crippen LogP contribution in [-0.2, 0) is 14.3 Å². The summed E-state index contributed by atoms with van der Waals surface area (Å²) in [5.74, 6) is -1.81. The Bertz CT molecular complexity index is 739. The zero-order chi connectivity index (χ0) is 21.4. The smallest absolute Gasteiger partial charge is 0.325 e. The second-order valence-corrected chi connectivity index (χ2v) is 6.48. The number of nitro groups is 1. The van der Waals surface area contributed by atoms with Crippen molar-refractivity contribution in [2.75, 3.05) is 20.3 Å². The molecule has 10 heteroatoms. The zero-order valence-electron chi connectivity index (χ0n) is 16.6. The maximum atomic E-state index is 12.1. The average molecular weight is 395 g/mol. The SMILES string of the molecule is COc1ccc(C(=O)NCC(=O)OCC(=O)N(C(C)C)C(C)C)cc1[N+](=O)[O-]. The third kappa shape index (κ3) is 6.22. The van der Waals surface area contributed by atoms with E-state index >= 15 is 0 Å². The fourth-order valence-corrected chi connectivity index (χ4v) is 2.67. The Morgan fingerprint density at radius 3 is 2.29 bits per heavy atom. The predicted octanol–water partition coefficient (Wildman–Crippen LogP) is 1.52. The van der Waals surface area contributed by atoms with Crippen LogP contribution in [0.2, 0.25) is 0 Å². The molecule has 154 valence electrons. The first kappa shape index (κ1) is 22.9. The summed E-state index contributed by atoms with van der Waals surface area (Å²) in [6, 6.07) is 3.58. The molecule has 0 heterocycles. The summed E-state index contributed by atoms with van der Waals surface area (Å²) in [5.41, 5.74) is -0.382. The van der Waals surface area contributed by atoms with Crippen molar-refractivity contribution in [1.82, 2.24) is 10.2 Å². The van der Waals surface area contributed by atoms with Crippen LogP contribution in [0.5, 0.6) is 5.75 Å². The number of nitrogens with zero attached hydrogens (tertiary/aromatic N) is 2. The van der Waals surface area contributed by atoms with Gasteiger partial charge in [0.15, 0.2) is 12.4 Å². The number of carbonyl (C=O) groups is 3. The van der Waals surface area contributed by atoms with Crippen LogP contribution in [-0.4, -0.2) is 60.0 Å². The lowest BCUT2D eigenvalue weighted by Gasteiger charge is -2.30. The topological polar surface area (TPSA) is 128 Å². The number of amides is 2. The van der Waals surface area contributed by atoms with Gasteiger partial charge in [-0.1, -0.05) is 0 Å². The first-order valence-electron chi connectivity index (χ1n) is 8.65. The lowest BCUT2D eigenvalue weighted by molar-refractivity contribution is -0.385. The van der Waals surface area contributed by atoms with Crippen LogP contribution in [0.15, 0.2) is 18.2 Å². The molecule has 1 aromatic carbocycles. The molecule has 0 aliphatic heterocycles. The summed E-state index contributed by atoms with van der Waals surface area (Å²) < 4.78 is 9.76. The number of carbonyl (C=O) groups excluding carboxylic acids is 3. The zero-order valence-corrected chi connectivity index (χ0v) is 16.6. The number of benzene rings is 1. The molecule has 0 bridgehead atoms. The lowest BCUT2D eigenvalue weighted by Crippen LogP contribution is -2.44. The minimum absolute atomic E-state index is 0.0119. The molecule has 0 spiro atoms. The molecular weight excluding hydrogens is 370 g/mol. The van der Waals surface area contributed by atoms with Crippen molar-refractivity contribution < 1.29 is 28.8 Å². The quantitative estimate of drug-likeness (QED) is 0.381. The maximum absolute atomic E-state index is 12.1. The number of nitrogens with one attached hydrogen (secondary N) is 1. The Morgan fingerprint density at radius 2 is 1.79 bits per heavy atom. The standard InChI is InChI=1S/C18H25N3O7/c1-11(2)20(12(3)4)16(22)10-28-17(23)9-19-18(24)13-6-7-15(27-5)14(8-13)21(25)26/h6-8,11-12H,9-10H2,1-5H3,(H,19,24). The Labute approximate surface area is 162 Å².